The van der Waals surface area contributed by atoms with E-state index in [1.807, 2.05) is 0 Å². The second-order valence-electron chi connectivity index (χ2n) is 3.83. The zero-order chi connectivity index (χ0) is 10.1. The second-order valence-corrected chi connectivity index (χ2v) is 3.83. The van der Waals surface area contributed by atoms with E-state index < -0.39 is 11.9 Å². The first-order valence-electron chi connectivity index (χ1n) is 4.77. The maximum Gasteiger partial charge on any atom is 0.337 e. The summed E-state index contributed by atoms with van der Waals surface area (Å²) in [6, 6.07) is 0. The van der Waals surface area contributed by atoms with E-state index in [4.69, 9.17) is 0 Å². The molecule has 0 amide bonds. The minimum Gasteiger partial charge on any atom is -0.390 e. The molecule has 2 aliphatic rings. The Labute approximate surface area is 82.4 Å². The lowest BCUT2D eigenvalue weighted by atomic mass is 9.94. The van der Waals surface area contributed by atoms with Crippen LogP contribution in [0.15, 0.2) is 24.8 Å². The van der Waals surface area contributed by atoms with Crippen molar-refractivity contribution in [3.05, 3.63) is 24.8 Å². The van der Waals surface area contributed by atoms with Gasteiger partial charge in [0.1, 0.15) is 0 Å². The molecule has 74 valence electrons. The minimum absolute atomic E-state index is 0.117. The quantitative estimate of drug-likeness (QED) is 0.288. The van der Waals surface area contributed by atoms with E-state index in [-0.39, 0.29) is 11.8 Å². The van der Waals surface area contributed by atoms with Crippen LogP contribution >= 0.6 is 0 Å². The summed E-state index contributed by atoms with van der Waals surface area (Å²) in [6.45, 7) is 3.25. The number of esters is 2. The Morgan fingerprint density at radius 3 is 2.64 bits per heavy atom. The molecular weight excluding hydrogens is 180 g/mol. The molecule has 3 nitrogen and oxygen atoms in total. The van der Waals surface area contributed by atoms with Gasteiger partial charge in [0.25, 0.3) is 0 Å². The number of fused-ring (bicyclic) bond motifs is 2. The second kappa shape index (κ2) is 3.40. The Kier molecular flexibility index (Phi) is 2.23. The van der Waals surface area contributed by atoms with Crippen LogP contribution in [0, 0.1) is 17.8 Å². The van der Waals surface area contributed by atoms with Crippen molar-refractivity contribution in [2.45, 2.75) is 12.8 Å². The number of rotatable bonds is 2. The van der Waals surface area contributed by atoms with Crippen LogP contribution in [0.5, 0.6) is 0 Å². The first-order valence-corrected chi connectivity index (χ1v) is 4.77. The molecule has 0 saturated heterocycles. The maximum atomic E-state index is 11.5. The van der Waals surface area contributed by atoms with Crippen LogP contribution in [-0.4, -0.2) is 11.9 Å². The van der Waals surface area contributed by atoms with E-state index in [9.17, 15) is 9.59 Å². The highest BCUT2D eigenvalue weighted by Crippen LogP contribution is 2.43. The Bertz CT molecular complexity index is 316. The lowest BCUT2D eigenvalue weighted by Crippen LogP contribution is -2.23. The Hall–Kier alpha value is -1.38. The normalized spacial score (nSPS) is 33.0. The van der Waals surface area contributed by atoms with E-state index in [2.05, 4.69) is 23.5 Å². The van der Waals surface area contributed by atoms with Gasteiger partial charge >= 0.3 is 11.9 Å². The van der Waals surface area contributed by atoms with Gasteiger partial charge in [0, 0.05) is 6.08 Å². The first kappa shape index (κ1) is 9.19. The van der Waals surface area contributed by atoms with E-state index in [1.165, 1.54) is 0 Å². The van der Waals surface area contributed by atoms with Gasteiger partial charge in [-0.15, -0.1) is 0 Å². The zero-order valence-electron chi connectivity index (χ0n) is 7.81. The largest absolute Gasteiger partial charge is 0.390 e. The van der Waals surface area contributed by atoms with Gasteiger partial charge in [-0.2, -0.15) is 0 Å². The van der Waals surface area contributed by atoms with Crippen molar-refractivity contribution in [1.82, 2.24) is 0 Å². The zero-order valence-corrected chi connectivity index (χ0v) is 7.81. The molecule has 0 radical (unpaired) electrons. The minimum atomic E-state index is -0.651. The molecule has 2 bridgehead atoms. The molecule has 0 aromatic rings. The predicted octanol–water partition coefficient (Wildman–Crippen LogP) is 1.45. The number of carbonyl (C=O) groups excluding carboxylic acids is 2. The van der Waals surface area contributed by atoms with Crippen molar-refractivity contribution in [2.75, 3.05) is 0 Å². The fourth-order valence-electron chi connectivity index (χ4n) is 2.27. The summed E-state index contributed by atoms with van der Waals surface area (Å²) in [4.78, 5) is 22.3. The lowest BCUT2D eigenvalue weighted by Gasteiger charge is -2.14. The number of hydrogen-bond acceptors (Lipinski definition) is 3. The Morgan fingerprint density at radius 2 is 2.14 bits per heavy atom. The Morgan fingerprint density at radius 1 is 1.36 bits per heavy atom. The molecule has 3 heteroatoms. The van der Waals surface area contributed by atoms with Crippen LogP contribution in [0.1, 0.15) is 12.8 Å². The summed E-state index contributed by atoms with van der Waals surface area (Å²) in [7, 11) is 0. The molecule has 0 aromatic heterocycles. The van der Waals surface area contributed by atoms with Gasteiger partial charge in [-0.25, -0.2) is 4.79 Å². The molecule has 0 aromatic carbocycles. The van der Waals surface area contributed by atoms with Crippen molar-refractivity contribution in [2.24, 2.45) is 17.8 Å². The van der Waals surface area contributed by atoms with Crippen LogP contribution < -0.4 is 0 Å². The number of hydrogen-bond donors (Lipinski definition) is 0. The van der Waals surface area contributed by atoms with Crippen LogP contribution in [0.25, 0.3) is 0 Å². The van der Waals surface area contributed by atoms with Crippen LogP contribution in [0.2, 0.25) is 0 Å². The molecule has 3 atom stereocenters. The Balaban J connectivity index is 1.96. The van der Waals surface area contributed by atoms with Crippen molar-refractivity contribution >= 4 is 11.9 Å². The third kappa shape index (κ3) is 1.50. The third-order valence-corrected chi connectivity index (χ3v) is 2.95. The van der Waals surface area contributed by atoms with Crippen molar-refractivity contribution in [3.63, 3.8) is 0 Å². The number of ether oxygens (including phenoxy) is 1. The highest BCUT2D eigenvalue weighted by Gasteiger charge is 2.41. The van der Waals surface area contributed by atoms with E-state index in [0.29, 0.717) is 5.92 Å². The van der Waals surface area contributed by atoms with Crippen molar-refractivity contribution < 1.29 is 14.3 Å². The SMILES string of the molecule is C=CC(=O)OC(=O)[C@H]1CC2C=CC1C2. The molecule has 1 fully saturated rings. The molecular formula is C11H12O3. The fourth-order valence-corrected chi connectivity index (χ4v) is 2.27. The van der Waals surface area contributed by atoms with Gasteiger partial charge in [-0.05, 0) is 24.7 Å². The predicted molar refractivity (Wildman–Crippen MR) is 50.1 cm³/mol. The maximum absolute atomic E-state index is 11.5. The number of allylic oxidation sites excluding steroid dienone is 2. The summed E-state index contributed by atoms with van der Waals surface area (Å²) in [6.07, 6.45) is 7.07. The molecule has 14 heavy (non-hydrogen) atoms. The molecule has 2 unspecified atom stereocenters. The van der Waals surface area contributed by atoms with Gasteiger partial charge in [0.2, 0.25) is 0 Å². The molecule has 0 aliphatic heterocycles. The highest BCUT2D eigenvalue weighted by molar-refractivity contribution is 5.92. The summed E-state index contributed by atoms with van der Waals surface area (Å²) in [5.41, 5.74) is 0. The van der Waals surface area contributed by atoms with Crippen LogP contribution in [0.3, 0.4) is 0 Å². The standard InChI is InChI=1S/C11H12O3/c1-2-10(12)14-11(13)9-6-7-3-4-8(9)5-7/h2-4,7-9H,1,5-6H2/t7?,8?,9-/m0/s1. The molecule has 2 rings (SSSR count). The monoisotopic (exact) mass is 192 g/mol. The van der Waals surface area contributed by atoms with E-state index in [0.717, 1.165) is 18.9 Å². The molecule has 1 saturated carbocycles. The van der Waals surface area contributed by atoms with Gasteiger partial charge in [-0.3, -0.25) is 4.79 Å². The van der Waals surface area contributed by atoms with E-state index >= 15 is 0 Å². The van der Waals surface area contributed by atoms with Gasteiger partial charge < -0.3 is 4.74 Å². The lowest BCUT2D eigenvalue weighted by molar-refractivity contribution is -0.160. The van der Waals surface area contributed by atoms with Gasteiger partial charge in [0.15, 0.2) is 0 Å². The van der Waals surface area contributed by atoms with Gasteiger partial charge in [-0.1, -0.05) is 18.7 Å². The van der Waals surface area contributed by atoms with Crippen molar-refractivity contribution in [1.29, 1.82) is 0 Å². The van der Waals surface area contributed by atoms with Crippen LogP contribution in [0.4, 0.5) is 0 Å². The summed E-state index contributed by atoms with van der Waals surface area (Å²) in [5, 5.41) is 0. The van der Waals surface area contributed by atoms with E-state index in [1.54, 1.807) is 0 Å². The van der Waals surface area contributed by atoms with Gasteiger partial charge in [0.05, 0.1) is 5.92 Å². The van der Waals surface area contributed by atoms with Crippen LogP contribution in [-0.2, 0) is 14.3 Å². The number of carbonyl (C=O) groups is 2. The first-order chi connectivity index (χ1) is 6.70. The average molecular weight is 192 g/mol. The topological polar surface area (TPSA) is 43.4 Å². The third-order valence-electron chi connectivity index (χ3n) is 2.95. The summed E-state index contributed by atoms with van der Waals surface area (Å²) < 4.78 is 4.61. The molecule has 0 heterocycles. The molecule has 0 spiro atoms. The average Bonchev–Trinajstić information content (AvgIpc) is 2.78. The smallest absolute Gasteiger partial charge is 0.337 e. The highest BCUT2D eigenvalue weighted by atomic mass is 16.6. The molecule has 0 N–H and O–H groups in total. The molecule has 2 aliphatic carbocycles. The fraction of sp³-hybridized carbons (Fsp3) is 0.455. The summed E-state index contributed by atoms with van der Waals surface area (Å²) >= 11 is 0. The van der Waals surface area contributed by atoms with Crippen molar-refractivity contribution in [3.8, 4) is 0 Å². The summed E-state index contributed by atoms with van der Waals surface area (Å²) in [5.74, 6) is -0.371.